The molecule has 0 aliphatic heterocycles. The molecule has 0 amide bonds. The molecular formula is C11H13FO2. The van der Waals surface area contributed by atoms with Crippen LogP contribution >= 0.6 is 0 Å². The molecule has 0 atom stereocenters. The molecule has 0 saturated heterocycles. The van der Waals surface area contributed by atoms with Crippen molar-refractivity contribution in [1.82, 2.24) is 0 Å². The first-order chi connectivity index (χ1) is 6.74. The fourth-order valence-corrected chi connectivity index (χ4v) is 1.18. The Labute approximate surface area is 82.7 Å². The molecule has 3 heteroatoms. The van der Waals surface area contributed by atoms with Gasteiger partial charge in [0.05, 0.1) is 0 Å². The predicted octanol–water partition coefficient (Wildman–Crippen LogP) is 2.44. The zero-order valence-electron chi connectivity index (χ0n) is 8.13. The van der Waals surface area contributed by atoms with Crippen LogP contribution in [-0.4, -0.2) is 19.5 Å². The zero-order valence-corrected chi connectivity index (χ0v) is 8.13. The van der Waals surface area contributed by atoms with Crippen LogP contribution in [-0.2, 0) is 4.74 Å². The molecule has 2 nitrogen and oxygen atoms in total. The molecule has 0 heterocycles. The molecule has 0 aliphatic rings. The van der Waals surface area contributed by atoms with E-state index in [4.69, 9.17) is 4.74 Å². The Bertz CT molecular complexity index is 310. The molecule has 1 rings (SSSR count). The first kappa shape index (κ1) is 10.9. The third kappa shape index (κ3) is 3.26. The Morgan fingerprint density at radius 1 is 1.50 bits per heavy atom. The molecule has 76 valence electrons. The summed E-state index contributed by atoms with van der Waals surface area (Å²) in [5, 5.41) is 0. The minimum atomic E-state index is -0.373. The lowest BCUT2D eigenvalue weighted by Crippen LogP contribution is -2.01. The van der Waals surface area contributed by atoms with Crippen LogP contribution in [0.2, 0.25) is 0 Å². The van der Waals surface area contributed by atoms with Crippen molar-refractivity contribution in [1.29, 1.82) is 0 Å². The van der Waals surface area contributed by atoms with E-state index in [0.717, 1.165) is 0 Å². The Balaban J connectivity index is 2.52. The molecule has 0 bridgehead atoms. The highest BCUT2D eigenvalue weighted by Gasteiger charge is 2.05. The van der Waals surface area contributed by atoms with Crippen LogP contribution in [0, 0.1) is 5.82 Å². The average molecular weight is 196 g/mol. The molecular weight excluding hydrogens is 183 g/mol. The number of methoxy groups -OCH3 is 1. The van der Waals surface area contributed by atoms with Crippen LogP contribution in [0.5, 0.6) is 0 Å². The normalized spacial score (nSPS) is 10.1. The van der Waals surface area contributed by atoms with E-state index < -0.39 is 0 Å². The van der Waals surface area contributed by atoms with Gasteiger partial charge in [0.1, 0.15) is 5.82 Å². The van der Waals surface area contributed by atoms with Crippen LogP contribution in [0.3, 0.4) is 0 Å². The molecule has 0 radical (unpaired) electrons. The fourth-order valence-electron chi connectivity index (χ4n) is 1.18. The second-order valence-electron chi connectivity index (χ2n) is 3.03. The molecule has 14 heavy (non-hydrogen) atoms. The first-order valence-corrected chi connectivity index (χ1v) is 4.51. The van der Waals surface area contributed by atoms with Gasteiger partial charge in [-0.05, 0) is 18.6 Å². The molecule has 0 fully saturated rings. The monoisotopic (exact) mass is 196 g/mol. The first-order valence-electron chi connectivity index (χ1n) is 4.51. The summed E-state index contributed by atoms with van der Waals surface area (Å²) in [6.07, 6.45) is 1.07. The smallest absolute Gasteiger partial charge is 0.163 e. The van der Waals surface area contributed by atoms with Gasteiger partial charge in [-0.25, -0.2) is 4.39 Å². The van der Waals surface area contributed by atoms with Gasteiger partial charge in [-0.3, -0.25) is 4.79 Å². The van der Waals surface area contributed by atoms with Gasteiger partial charge in [0.25, 0.3) is 0 Å². The molecule has 0 spiro atoms. The number of carbonyl (C=O) groups excluding carboxylic acids is 1. The van der Waals surface area contributed by atoms with Crippen LogP contribution in [0.4, 0.5) is 4.39 Å². The largest absolute Gasteiger partial charge is 0.385 e. The Kier molecular flexibility index (Phi) is 4.26. The van der Waals surface area contributed by atoms with Gasteiger partial charge in [-0.2, -0.15) is 0 Å². The predicted molar refractivity (Wildman–Crippen MR) is 51.8 cm³/mol. The number of ether oxygens (including phenoxy) is 1. The summed E-state index contributed by atoms with van der Waals surface area (Å²) in [7, 11) is 1.59. The van der Waals surface area contributed by atoms with E-state index in [1.807, 2.05) is 0 Å². The molecule has 1 aromatic rings. The molecule has 0 aliphatic carbocycles. The standard InChI is InChI=1S/C11H13FO2/c1-14-7-3-6-11(13)9-4-2-5-10(12)8-9/h2,4-5,8H,3,6-7H2,1H3. The van der Waals surface area contributed by atoms with Gasteiger partial charge in [-0.1, -0.05) is 12.1 Å². The Morgan fingerprint density at radius 3 is 2.93 bits per heavy atom. The highest BCUT2D eigenvalue weighted by molar-refractivity contribution is 5.95. The average Bonchev–Trinajstić information content (AvgIpc) is 2.18. The van der Waals surface area contributed by atoms with Crippen molar-refractivity contribution in [2.75, 3.05) is 13.7 Å². The maximum atomic E-state index is 12.7. The van der Waals surface area contributed by atoms with Crippen molar-refractivity contribution >= 4 is 5.78 Å². The van der Waals surface area contributed by atoms with Gasteiger partial charge in [-0.15, -0.1) is 0 Å². The van der Waals surface area contributed by atoms with Crippen LogP contribution in [0.15, 0.2) is 24.3 Å². The third-order valence-electron chi connectivity index (χ3n) is 1.90. The van der Waals surface area contributed by atoms with Crippen LogP contribution in [0.25, 0.3) is 0 Å². The van der Waals surface area contributed by atoms with Crippen molar-refractivity contribution in [2.45, 2.75) is 12.8 Å². The number of benzene rings is 1. The highest BCUT2D eigenvalue weighted by atomic mass is 19.1. The summed E-state index contributed by atoms with van der Waals surface area (Å²) in [4.78, 5) is 11.4. The Morgan fingerprint density at radius 2 is 2.29 bits per heavy atom. The van der Waals surface area contributed by atoms with Crippen molar-refractivity contribution in [2.24, 2.45) is 0 Å². The van der Waals surface area contributed by atoms with Crippen LogP contribution in [0.1, 0.15) is 23.2 Å². The van der Waals surface area contributed by atoms with Gasteiger partial charge in [0.15, 0.2) is 5.78 Å². The summed E-state index contributed by atoms with van der Waals surface area (Å²) < 4.78 is 17.6. The van der Waals surface area contributed by atoms with Gasteiger partial charge in [0.2, 0.25) is 0 Å². The maximum absolute atomic E-state index is 12.7. The molecule has 0 saturated carbocycles. The quantitative estimate of drug-likeness (QED) is 0.534. The summed E-state index contributed by atoms with van der Waals surface area (Å²) in [5.74, 6) is -0.413. The maximum Gasteiger partial charge on any atom is 0.163 e. The summed E-state index contributed by atoms with van der Waals surface area (Å²) in [6, 6.07) is 5.75. The number of halogens is 1. The van der Waals surface area contributed by atoms with E-state index in [-0.39, 0.29) is 11.6 Å². The van der Waals surface area contributed by atoms with Crippen molar-refractivity contribution in [3.05, 3.63) is 35.6 Å². The van der Waals surface area contributed by atoms with Crippen molar-refractivity contribution < 1.29 is 13.9 Å². The summed E-state index contributed by atoms with van der Waals surface area (Å²) >= 11 is 0. The number of Topliss-reactive ketones (excluding diaryl/α,β-unsaturated/α-hetero) is 1. The number of ketones is 1. The highest BCUT2D eigenvalue weighted by Crippen LogP contribution is 2.07. The molecule has 0 N–H and O–H groups in total. The van der Waals surface area contributed by atoms with Crippen molar-refractivity contribution in [3.8, 4) is 0 Å². The van der Waals surface area contributed by atoms with Crippen molar-refractivity contribution in [3.63, 3.8) is 0 Å². The number of carbonyl (C=O) groups is 1. The Hall–Kier alpha value is -1.22. The topological polar surface area (TPSA) is 26.3 Å². The van der Waals surface area contributed by atoms with E-state index >= 15 is 0 Å². The summed E-state index contributed by atoms with van der Waals surface area (Å²) in [6.45, 7) is 0.557. The lowest BCUT2D eigenvalue weighted by atomic mass is 10.1. The van der Waals surface area contributed by atoms with E-state index in [1.165, 1.54) is 12.1 Å². The minimum absolute atomic E-state index is 0.0402. The van der Waals surface area contributed by atoms with E-state index in [2.05, 4.69) is 0 Å². The van der Waals surface area contributed by atoms with Gasteiger partial charge >= 0.3 is 0 Å². The summed E-state index contributed by atoms with van der Waals surface area (Å²) in [5.41, 5.74) is 0.432. The number of hydrogen-bond acceptors (Lipinski definition) is 2. The second kappa shape index (κ2) is 5.50. The second-order valence-corrected chi connectivity index (χ2v) is 3.03. The van der Waals surface area contributed by atoms with Gasteiger partial charge in [0, 0.05) is 25.7 Å². The molecule has 0 unspecified atom stereocenters. The number of rotatable bonds is 5. The van der Waals surface area contributed by atoms with E-state index in [1.54, 1.807) is 19.2 Å². The van der Waals surface area contributed by atoms with Crippen LogP contribution < -0.4 is 0 Å². The SMILES string of the molecule is COCCCC(=O)c1cccc(F)c1. The van der Waals surface area contributed by atoms with Gasteiger partial charge < -0.3 is 4.74 Å². The van der Waals surface area contributed by atoms with E-state index in [0.29, 0.717) is 25.0 Å². The number of hydrogen-bond donors (Lipinski definition) is 0. The third-order valence-corrected chi connectivity index (χ3v) is 1.90. The lowest BCUT2D eigenvalue weighted by molar-refractivity contribution is 0.0963. The fraction of sp³-hybridized carbons (Fsp3) is 0.364. The molecule has 0 aromatic heterocycles. The molecule has 1 aromatic carbocycles. The zero-order chi connectivity index (χ0) is 10.4. The van der Waals surface area contributed by atoms with E-state index in [9.17, 15) is 9.18 Å². The lowest BCUT2D eigenvalue weighted by Gasteiger charge is -2.00. The minimum Gasteiger partial charge on any atom is -0.385 e.